The van der Waals surface area contributed by atoms with Crippen LogP contribution in [0, 0.1) is 0 Å². The number of hydrogen-bond donors (Lipinski definition) is 1. The first-order chi connectivity index (χ1) is 9.74. The molecule has 20 heavy (non-hydrogen) atoms. The van der Waals surface area contributed by atoms with Crippen molar-refractivity contribution in [2.24, 2.45) is 0 Å². The number of nitrogens with zero attached hydrogens (tertiary/aromatic N) is 1. The molecule has 3 nitrogen and oxygen atoms in total. The van der Waals surface area contributed by atoms with Crippen LogP contribution in [0.5, 0.6) is 0 Å². The molecular weight excluding hydrogens is 248 g/mol. The largest absolute Gasteiger partial charge is 0.398 e. The van der Waals surface area contributed by atoms with Gasteiger partial charge in [0.05, 0.1) is 0 Å². The first kappa shape index (κ1) is 16.8. The van der Waals surface area contributed by atoms with Gasteiger partial charge in [0.2, 0.25) is 0 Å². The van der Waals surface area contributed by atoms with E-state index in [9.17, 15) is 4.79 Å². The van der Waals surface area contributed by atoms with E-state index in [0.29, 0.717) is 5.69 Å². The smallest absolute Gasteiger partial charge is 0.250 e. The van der Waals surface area contributed by atoms with Crippen molar-refractivity contribution in [2.45, 2.75) is 77.7 Å². The van der Waals surface area contributed by atoms with Gasteiger partial charge in [-0.2, -0.15) is 0 Å². The number of anilines is 1. The number of aromatic nitrogens is 1. The summed E-state index contributed by atoms with van der Waals surface area (Å²) in [5.41, 5.74) is 6.40. The Morgan fingerprint density at radius 2 is 1.45 bits per heavy atom. The molecule has 0 amide bonds. The van der Waals surface area contributed by atoms with Crippen molar-refractivity contribution >= 4 is 5.69 Å². The first-order valence-electron chi connectivity index (χ1n) is 8.20. The minimum atomic E-state index is 0.0510. The predicted octanol–water partition coefficient (Wildman–Crippen LogP) is 4.35. The molecular formula is C17H30N2O. The van der Waals surface area contributed by atoms with Crippen LogP contribution in [0.2, 0.25) is 0 Å². The van der Waals surface area contributed by atoms with Crippen LogP contribution >= 0.6 is 0 Å². The molecule has 0 atom stereocenters. The third-order valence-corrected chi connectivity index (χ3v) is 3.76. The molecule has 114 valence electrons. The van der Waals surface area contributed by atoms with Crippen molar-refractivity contribution in [3.63, 3.8) is 0 Å². The summed E-state index contributed by atoms with van der Waals surface area (Å²) in [6, 6.07) is 3.21. The van der Waals surface area contributed by atoms with Gasteiger partial charge in [-0.1, -0.05) is 64.7 Å². The average Bonchev–Trinajstić information content (AvgIpc) is 2.44. The summed E-state index contributed by atoms with van der Waals surface area (Å²) in [6.45, 7) is 3.05. The monoisotopic (exact) mass is 278 g/mol. The lowest BCUT2D eigenvalue weighted by Crippen LogP contribution is -2.18. The number of rotatable bonds is 11. The number of pyridine rings is 1. The Hall–Kier alpha value is -1.25. The van der Waals surface area contributed by atoms with E-state index < -0.39 is 0 Å². The fraction of sp³-hybridized carbons (Fsp3) is 0.706. The zero-order chi connectivity index (χ0) is 14.6. The molecule has 2 N–H and O–H groups in total. The summed E-state index contributed by atoms with van der Waals surface area (Å²) in [6.07, 6.45) is 14.9. The molecule has 1 aromatic rings. The summed E-state index contributed by atoms with van der Waals surface area (Å²) in [7, 11) is 0. The third-order valence-electron chi connectivity index (χ3n) is 3.76. The van der Waals surface area contributed by atoms with E-state index >= 15 is 0 Å². The second-order valence-electron chi connectivity index (χ2n) is 5.68. The predicted molar refractivity (Wildman–Crippen MR) is 87.0 cm³/mol. The molecule has 0 spiro atoms. The van der Waals surface area contributed by atoms with Crippen LogP contribution in [0.4, 0.5) is 5.69 Å². The van der Waals surface area contributed by atoms with Gasteiger partial charge in [0.15, 0.2) is 0 Å². The fourth-order valence-corrected chi connectivity index (χ4v) is 2.49. The van der Waals surface area contributed by atoms with Gasteiger partial charge in [-0.05, 0) is 12.5 Å². The van der Waals surface area contributed by atoms with E-state index in [1.54, 1.807) is 22.9 Å². The summed E-state index contributed by atoms with van der Waals surface area (Å²) in [4.78, 5) is 11.6. The Kier molecular flexibility index (Phi) is 8.84. The van der Waals surface area contributed by atoms with Crippen molar-refractivity contribution in [3.8, 4) is 0 Å². The van der Waals surface area contributed by atoms with Gasteiger partial charge >= 0.3 is 0 Å². The van der Waals surface area contributed by atoms with Crippen LogP contribution in [0.1, 0.15) is 71.1 Å². The second kappa shape index (κ2) is 10.5. The van der Waals surface area contributed by atoms with Gasteiger partial charge < -0.3 is 10.3 Å². The molecule has 0 aliphatic rings. The number of hydrogen-bond acceptors (Lipinski definition) is 2. The van der Waals surface area contributed by atoms with E-state index in [1.807, 2.05) is 0 Å². The Balaban J connectivity index is 1.99. The van der Waals surface area contributed by atoms with E-state index in [4.69, 9.17) is 5.73 Å². The molecule has 0 bridgehead atoms. The van der Waals surface area contributed by atoms with Crippen LogP contribution in [-0.2, 0) is 6.54 Å². The van der Waals surface area contributed by atoms with E-state index in [2.05, 4.69) is 6.92 Å². The quantitative estimate of drug-likeness (QED) is 0.612. The van der Waals surface area contributed by atoms with Crippen LogP contribution in [-0.4, -0.2) is 4.57 Å². The standard InChI is InChI=1S/C17H30N2O/c1-2-3-4-5-6-7-8-9-10-11-14-19-15-16(18)12-13-17(19)20/h12-13,15H,2-11,14,18H2,1H3. The van der Waals surface area contributed by atoms with Gasteiger partial charge in [-0.25, -0.2) is 0 Å². The number of nitrogen functional groups attached to an aromatic ring is 1. The molecule has 1 rings (SSSR count). The fourth-order valence-electron chi connectivity index (χ4n) is 2.49. The molecule has 0 radical (unpaired) electrons. The van der Waals surface area contributed by atoms with Gasteiger partial charge in [-0.15, -0.1) is 0 Å². The summed E-state index contributed by atoms with van der Waals surface area (Å²) < 4.78 is 1.72. The second-order valence-corrected chi connectivity index (χ2v) is 5.68. The van der Waals surface area contributed by atoms with Gasteiger partial charge in [0, 0.05) is 24.5 Å². The van der Waals surface area contributed by atoms with E-state index in [-0.39, 0.29) is 5.56 Å². The Bertz CT molecular complexity index is 412. The van der Waals surface area contributed by atoms with Gasteiger partial charge in [0.1, 0.15) is 0 Å². The highest BCUT2D eigenvalue weighted by atomic mass is 16.1. The number of aryl methyl sites for hydroxylation is 1. The molecule has 1 heterocycles. The molecule has 3 heteroatoms. The van der Waals surface area contributed by atoms with Crippen LogP contribution in [0.15, 0.2) is 23.1 Å². The van der Waals surface area contributed by atoms with Crippen molar-refractivity contribution < 1.29 is 0 Å². The Labute approximate surface area is 123 Å². The lowest BCUT2D eigenvalue weighted by Gasteiger charge is -2.06. The van der Waals surface area contributed by atoms with Crippen LogP contribution < -0.4 is 11.3 Å². The number of unbranched alkanes of at least 4 members (excludes halogenated alkanes) is 9. The Morgan fingerprint density at radius 1 is 0.900 bits per heavy atom. The minimum Gasteiger partial charge on any atom is -0.398 e. The molecule has 0 aliphatic heterocycles. The lowest BCUT2D eigenvalue weighted by atomic mass is 10.1. The van der Waals surface area contributed by atoms with Crippen molar-refractivity contribution in [3.05, 3.63) is 28.7 Å². The minimum absolute atomic E-state index is 0.0510. The Morgan fingerprint density at radius 3 is 2.05 bits per heavy atom. The number of nitrogens with two attached hydrogens (primary N) is 1. The summed E-state index contributed by atoms with van der Waals surface area (Å²) in [5, 5.41) is 0. The molecule has 0 saturated heterocycles. The van der Waals surface area contributed by atoms with Crippen LogP contribution in [0.3, 0.4) is 0 Å². The van der Waals surface area contributed by atoms with E-state index in [0.717, 1.165) is 13.0 Å². The van der Waals surface area contributed by atoms with Crippen molar-refractivity contribution in [2.75, 3.05) is 5.73 Å². The van der Waals surface area contributed by atoms with Crippen molar-refractivity contribution in [1.29, 1.82) is 0 Å². The highest BCUT2D eigenvalue weighted by Gasteiger charge is 1.97. The molecule has 0 saturated carbocycles. The molecule has 0 unspecified atom stereocenters. The topological polar surface area (TPSA) is 48.0 Å². The van der Waals surface area contributed by atoms with Gasteiger partial charge in [-0.3, -0.25) is 4.79 Å². The average molecular weight is 278 g/mol. The molecule has 0 aliphatic carbocycles. The maximum Gasteiger partial charge on any atom is 0.250 e. The lowest BCUT2D eigenvalue weighted by molar-refractivity contribution is 0.530. The highest BCUT2D eigenvalue weighted by Crippen LogP contribution is 2.10. The SMILES string of the molecule is CCCCCCCCCCCCn1cc(N)ccc1=O. The molecule has 1 aromatic heterocycles. The highest BCUT2D eigenvalue weighted by molar-refractivity contribution is 5.33. The molecule has 0 fully saturated rings. The summed E-state index contributed by atoms with van der Waals surface area (Å²) >= 11 is 0. The first-order valence-corrected chi connectivity index (χ1v) is 8.20. The maximum atomic E-state index is 11.6. The normalized spacial score (nSPS) is 10.8. The van der Waals surface area contributed by atoms with Crippen LogP contribution in [0.25, 0.3) is 0 Å². The third kappa shape index (κ3) is 7.37. The maximum absolute atomic E-state index is 11.6. The summed E-state index contributed by atoms with van der Waals surface area (Å²) in [5.74, 6) is 0. The van der Waals surface area contributed by atoms with E-state index in [1.165, 1.54) is 57.8 Å². The zero-order valence-corrected chi connectivity index (χ0v) is 12.9. The van der Waals surface area contributed by atoms with Crippen molar-refractivity contribution in [1.82, 2.24) is 4.57 Å². The molecule has 0 aromatic carbocycles. The van der Waals surface area contributed by atoms with Gasteiger partial charge in [0.25, 0.3) is 5.56 Å². The zero-order valence-electron chi connectivity index (χ0n) is 12.9.